The van der Waals surface area contributed by atoms with Gasteiger partial charge in [-0.1, -0.05) is 12.1 Å². The number of likely N-dealkylation sites (tertiary alicyclic amines) is 1. The molecule has 3 amide bonds. The quantitative estimate of drug-likeness (QED) is 0.771. The second kappa shape index (κ2) is 8.75. The molecule has 0 radical (unpaired) electrons. The molecule has 1 aromatic carbocycles. The van der Waals surface area contributed by atoms with Crippen molar-refractivity contribution in [2.24, 2.45) is 5.92 Å². The third-order valence-electron chi connectivity index (χ3n) is 4.16. The maximum Gasteiger partial charge on any atom is 0.410 e. The van der Waals surface area contributed by atoms with E-state index in [1.54, 1.807) is 11.9 Å². The van der Waals surface area contributed by atoms with E-state index in [0.717, 1.165) is 29.5 Å². The van der Waals surface area contributed by atoms with Crippen molar-refractivity contribution in [3.8, 4) is 0 Å². The summed E-state index contributed by atoms with van der Waals surface area (Å²) in [6.45, 7) is 7.49. The first-order valence-electron chi connectivity index (χ1n) is 8.90. The van der Waals surface area contributed by atoms with Crippen LogP contribution in [0.2, 0.25) is 0 Å². The average molecular weight is 426 g/mol. The number of ether oxygens (including phenoxy) is 1. The second-order valence-electron chi connectivity index (χ2n) is 7.73. The van der Waals surface area contributed by atoms with Crippen LogP contribution in [0.15, 0.2) is 28.7 Å². The molecule has 1 unspecified atom stereocenters. The van der Waals surface area contributed by atoms with Crippen molar-refractivity contribution >= 4 is 33.7 Å². The highest BCUT2D eigenvalue weighted by atomic mass is 79.9. The molecule has 26 heavy (non-hydrogen) atoms. The smallest absolute Gasteiger partial charge is 0.410 e. The lowest BCUT2D eigenvalue weighted by Crippen LogP contribution is -2.46. The number of para-hydroxylation sites is 1. The van der Waals surface area contributed by atoms with Crippen molar-refractivity contribution in [1.82, 2.24) is 9.80 Å². The summed E-state index contributed by atoms with van der Waals surface area (Å²) in [6.07, 6.45) is 1.59. The van der Waals surface area contributed by atoms with Gasteiger partial charge in [-0.3, -0.25) is 0 Å². The number of hydrogen-bond donors (Lipinski definition) is 1. The number of amides is 3. The first-order chi connectivity index (χ1) is 12.2. The van der Waals surface area contributed by atoms with Gasteiger partial charge in [-0.15, -0.1) is 0 Å². The maximum atomic E-state index is 12.6. The number of urea groups is 1. The molecule has 1 atom stereocenters. The third-order valence-corrected chi connectivity index (χ3v) is 4.85. The van der Waals surface area contributed by atoms with Crippen molar-refractivity contribution in [3.63, 3.8) is 0 Å². The minimum absolute atomic E-state index is 0.110. The van der Waals surface area contributed by atoms with Crippen LogP contribution in [0.25, 0.3) is 0 Å². The van der Waals surface area contributed by atoms with Crippen molar-refractivity contribution in [2.75, 3.05) is 32.0 Å². The molecule has 1 aliphatic heterocycles. The molecular formula is C19H28BrN3O3. The number of piperidine rings is 1. The van der Waals surface area contributed by atoms with Crippen molar-refractivity contribution in [3.05, 3.63) is 28.7 Å². The van der Waals surface area contributed by atoms with E-state index in [1.807, 2.05) is 49.9 Å². The standard InChI is InChI=1S/C19H28BrN3O3/c1-19(2,3)26-18(25)22(4)12-14-8-7-11-23(13-14)17(24)21-16-10-6-5-9-15(16)20/h5-6,9-10,14H,7-8,11-13H2,1-4H3,(H,21,24). The Bertz CT molecular complexity index is 645. The number of anilines is 1. The van der Waals surface area contributed by atoms with Gasteiger partial charge in [0, 0.05) is 31.2 Å². The number of carbonyl (C=O) groups excluding carboxylic acids is 2. The molecule has 144 valence electrons. The number of benzene rings is 1. The summed E-state index contributed by atoms with van der Waals surface area (Å²) >= 11 is 3.44. The monoisotopic (exact) mass is 425 g/mol. The van der Waals surface area contributed by atoms with Gasteiger partial charge in [0.05, 0.1) is 5.69 Å². The summed E-state index contributed by atoms with van der Waals surface area (Å²) < 4.78 is 6.25. The van der Waals surface area contributed by atoms with Crippen molar-refractivity contribution < 1.29 is 14.3 Å². The summed E-state index contributed by atoms with van der Waals surface area (Å²) in [5.74, 6) is 0.242. The fourth-order valence-electron chi connectivity index (χ4n) is 2.96. The van der Waals surface area contributed by atoms with Gasteiger partial charge >= 0.3 is 12.1 Å². The molecule has 1 N–H and O–H groups in total. The van der Waals surface area contributed by atoms with Gasteiger partial charge in [-0.2, -0.15) is 0 Å². The number of carbonyl (C=O) groups is 2. The van der Waals surface area contributed by atoms with E-state index in [4.69, 9.17) is 4.74 Å². The van der Waals surface area contributed by atoms with Crippen LogP contribution in [0.4, 0.5) is 15.3 Å². The molecule has 0 aliphatic carbocycles. The summed E-state index contributed by atoms with van der Waals surface area (Å²) in [6, 6.07) is 7.43. The van der Waals surface area contributed by atoms with E-state index in [2.05, 4.69) is 21.2 Å². The Kier molecular flexibility index (Phi) is 6.92. The summed E-state index contributed by atoms with van der Waals surface area (Å²) in [5.41, 5.74) is 0.248. The van der Waals surface area contributed by atoms with Crippen LogP contribution in [-0.2, 0) is 4.74 Å². The van der Waals surface area contributed by atoms with Gasteiger partial charge < -0.3 is 19.9 Å². The van der Waals surface area contributed by atoms with E-state index in [9.17, 15) is 9.59 Å². The predicted molar refractivity (Wildman–Crippen MR) is 106 cm³/mol. The first-order valence-corrected chi connectivity index (χ1v) is 9.69. The topological polar surface area (TPSA) is 61.9 Å². The molecule has 1 saturated heterocycles. The Morgan fingerprint density at radius 2 is 2.04 bits per heavy atom. The first kappa shape index (κ1) is 20.6. The molecular weight excluding hydrogens is 398 g/mol. The molecule has 0 spiro atoms. The molecule has 2 rings (SSSR count). The lowest BCUT2D eigenvalue weighted by atomic mass is 9.98. The Morgan fingerprint density at radius 3 is 2.69 bits per heavy atom. The van der Waals surface area contributed by atoms with Crippen LogP contribution in [0.5, 0.6) is 0 Å². The molecule has 1 fully saturated rings. The van der Waals surface area contributed by atoms with Crippen LogP contribution in [-0.4, -0.2) is 54.2 Å². The molecule has 0 saturated carbocycles. The van der Waals surface area contributed by atoms with Crippen LogP contribution in [0, 0.1) is 5.92 Å². The van der Waals surface area contributed by atoms with Gasteiger partial charge in [0.15, 0.2) is 0 Å². The SMILES string of the molecule is CN(CC1CCCN(C(=O)Nc2ccccc2Br)C1)C(=O)OC(C)(C)C. The van der Waals surface area contributed by atoms with E-state index in [-0.39, 0.29) is 18.0 Å². The Labute approximate surface area is 164 Å². The van der Waals surface area contributed by atoms with Crippen LogP contribution in [0.3, 0.4) is 0 Å². The minimum Gasteiger partial charge on any atom is -0.444 e. The zero-order chi connectivity index (χ0) is 19.3. The number of nitrogens with one attached hydrogen (secondary N) is 1. The highest BCUT2D eigenvalue weighted by Crippen LogP contribution is 2.23. The zero-order valence-corrected chi connectivity index (χ0v) is 17.5. The fraction of sp³-hybridized carbons (Fsp3) is 0.579. The van der Waals surface area contributed by atoms with Gasteiger partial charge in [0.2, 0.25) is 0 Å². The summed E-state index contributed by atoms with van der Waals surface area (Å²) in [5, 5.41) is 2.94. The van der Waals surface area contributed by atoms with Crippen LogP contribution in [0.1, 0.15) is 33.6 Å². The average Bonchev–Trinajstić information content (AvgIpc) is 2.55. The van der Waals surface area contributed by atoms with E-state index >= 15 is 0 Å². The predicted octanol–water partition coefficient (Wildman–Crippen LogP) is 4.56. The Hall–Kier alpha value is -1.76. The van der Waals surface area contributed by atoms with Crippen molar-refractivity contribution in [1.29, 1.82) is 0 Å². The van der Waals surface area contributed by atoms with E-state index in [1.165, 1.54) is 0 Å². The lowest BCUT2D eigenvalue weighted by molar-refractivity contribution is 0.0253. The van der Waals surface area contributed by atoms with Gasteiger partial charge in [0.25, 0.3) is 0 Å². The normalized spacial score (nSPS) is 17.6. The Morgan fingerprint density at radius 1 is 1.35 bits per heavy atom. The maximum absolute atomic E-state index is 12.6. The minimum atomic E-state index is -0.507. The second-order valence-corrected chi connectivity index (χ2v) is 8.58. The largest absolute Gasteiger partial charge is 0.444 e. The van der Waals surface area contributed by atoms with Crippen molar-refractivity contribution in [2.45, 2.75) is 39.2 Å². The number of nitrogens with zero attached hydrogens (tertiary/aromatic N) is 2. The number of hydrogen-bond acceptors (Lipinski definition) is 3. The molecule has 1 aromatic rings. The van der Waals surface area contributed by atoms with E-state index < -0.39 is 5.60 Å². The number of rotatable bonds is 3. The molecule has 7 heteroatoms. The highest BCUT2D eigenvalue weighted by molar-refractivity contribution is 9.10. The number of halogens is 1. The summed E-state index contributed by atoms with van der Waals surface area (Å²) in [4.78, 5) is 28.1. The molecule has 0 aromatic heterocycles. The molecule has 6 nitrogen and oxygen atoms in total. The molecule has 0 bridgehead atoms. The summed E-state index contributed by atoms with van der Waals surface area (Å²) in [7, 11) is 1.74. The van der Waals surface area contributed by atoms with Gasteiger partial charge in [-0.05, 0) is 67.6 Å². The van der Waals surface area contributed by atoms with E-state index in [0.29, 0.717) is 13.1 Å². The Balaban J connectivity index is 1.89. The lowest BCUT2D eigenvalue weighted by Gasteiger charge is -2.35. The fourth-order valence-corrected chi connectivity index (χ4v) is 3.34. The van der Waals surface area contributed by atoms with Crippen LogP contribution >= 0.6 is 15.9 Å². The zero-order valence-electron chi connectivity index (χ0n) is 15.9. The van der Waals surface area contributed by atoms with Gasteiger partial charge in [-0.25, -0.2) is 9.59 Å². The molecule has 1 aliphatic rings. The third kappa shape index (κ3) is 6.20. The van der Waals surface area contributed by atoms with Crippen LogP contribution < -0.4 is 5.32 Å². The highest BCUT2D eigenvalue weighted by Gasteiger charge is 2.27. The van der Waals surface area contributed by atoms with Gasteiger partial charge in [0.1, 0.15) is 5.60 Å². The molecule has 1 heterocycles.